The Morgan fingerprint density at radius 3 is 2.66 bits per heavy atom. The fourth-order valence-electron chi connectivity index (χ4n) is 3.25. The average molecular weight is 449 g/mol. The molecule has 0 radical (unpaired) electrons. The highest BCUT2D eigenvalue weighted by molar-refractivity contribution is 7.91. The summed E-state index contributed by atoms with van der Waals surface area (Å²) < 4.78 is 28.1. The minimum atomic E-state index is -3.86. The molecule has 2 aromatic carbocycles. The van der Waals surface area contributed by atoms with Crippen LogP contribution in [0.4, 0.5) is 5.13 Å². The molecule has 0 saturated carbocycles. The molecule has 0 aliphatic heterocycles. The fraction of sp³-hybridized carbons (Fsp3) is 0.211. The Balaban J connectivity index is 1.48. The maximum absolute atomic E-state index is 12.8. The summed E-state index contributed by atoms with van der Waals surface area (Å²) in [5.74, 6) is -0.420. The van der Waals surface area contributed by atoms with Crippen LogP contribution in [0.25, 0.3) is 0 Å². The van der Waals surface area contributed by atoms with Crippen molar-refractivity contribution in [2.75, 3.05) is 5.32 Å². The number of sulfonamides is 1. The van der Waals surface area contributed by atoms with Crippen LogP contribution in [0.1, 0.15) is 40.4 Å². The Bertz CT molecular complexity index is 1150. The molecule has 0 bridgehead atoms. The number of aromatic nitrogens is 2. The number of anilines is 1. The number of rotatable bonds is 5. The molecule has 0 spiro atoms. The highest BCUT2D eigenvalue weighted by Crippen LogP contribution is 2.31. The zero-order chi connectivity index (χ0) is 20.4. The summed E-state index contributed by atoms with van der Waals surface area (Å²) >= 11 is 6.62. The van der Waals surface area contributed by atoms with Crippen LogP contribution in [0.15, 0.2) is 52.9 Å². The normalized spacial score (nSPS) is 16.2. The maximum atomic E-state index is 12.8. The zero-order valence-electron chi connectivity index (χ0n) is 15.1. The third kappa shape index (κ3) is 4.48. The monoisotopic (exact) mass is 448 g/mol. The van der Waals surface area contributed by atoms with Crippen LogP contribution in [0.3, 0.4) is 0 Å². The molecule has 1 aliphatic carbocycles. The quantitative estimate of drug-likeness (QED) is 0.578. The highest BCUT2D eigenvalue weighted by atomic mass is 35.5. The molecule has 150 valence electrons. The van der Waals surface area contributed by atoms with Gasteiger partial charge in [0.05, 0.1) is 0 Å². The molecule has 3 aromatic rings. The Morgan fingerprint density at radius 1 is 1.10 bits per heavy atom. The molecule has 29 heavy (non-hydrogen) atoms. The Hall–Kier alpha value is -2.33. The summed E-state index contributed by atoms with van der Waals surface area (Å²) in [5, 5.41) is 10.7. The van der Waals surface area contributed by atoms with Gasteiger partial charge in [0.25, 0.3) is 15.9 Å². The smallest absolute Gasteiger partial charge is 0.270 e. The number of fused-ring (bicyclic) bond motifs is 1. The Morgan fingerprint density at radius 2 is 1.86 bits per heavy atom. The van der Waals surface area contributed by atoms with Crippen LogP contribution in [0.5, 0.6) is 0 Å². The molecule has 1 amide bonds. The minimum Gasteiger partial charge on any atom is -0.296 e. The topological polar surface area (TPSA) is 101 Å². The lowest BCUT2D eigenvalue weighted by Crippen LogP contribution is -2.31. The van der Waals surface area contributed by atoms with Crippen molar-refractivity contribution in [3.05, 3.63) is 70.2 Å². The van der Waals surface area contributed by atoms with Crippen molar-refractivity contribution in [1.82, 2.24) is 14.9 Å². The Labute approximate surface area is 177 Å². The second kappa shape index (κ2) is 8.19. The number of carbonyl (C=O) groups excluding carboxylic acids is 1. The first-order valence-electron chi connectivity index (χ1n) is 8.93. The molecule has 1 unspecified atom stereocenters. The largest absolute Gasteiger partial charge is 0.296 e. The van der Waals surface area contributed by atoms with Gasteiger partial charge in [-0.05, 0) is 54.7 Å². The average Bonchev–Trinajstić information content (AvgIpc) is 3.18. The van der Waals surface area contributed by atoms with E-state index in [9.17, 15) is 13.2 Å². The number of hydrogen-bond acceptors (Lipinski definition) is 6. The lowest BCUT2D eigenvalue weighted by atomic mass is 9.88. The van der Waals surface area contributed by atoms with Crippen LogP contribution in [0.2, 0.25) is 5.02 Å². The van der Waals surface area contributed by atoms with Crippen molar-refractivity contribution in [2.45, 2.75) is 29.6 Å². The van der Waals surface area contributed by atoms with Gasteiger partial charge >= 0.3 is 0 Å². The van der Waals surface area contributed by atoms with E-state index in [1.165, 1.54) is 0 Å². The SMILES string of the molecule is O=C(Nc1nnc(S(=O)(=O)NC2CCCc3ccccc32)s1)c1ccc(Cl)cc1. The van der Waals surface area contributed by atoms with E-state index in [2.05, 4.69) is 20.2 Å². The highest BCUT2D eigenvalue weighted by Gasteiger charge is 2.28. The molecule has 1 aromatic heterocycles. The first-order chi connectivity index (χ1) is 13.9. The summed E-state index contributed by atoms with van der Waals surface area (Å²) in [6.45, 7) is 0. The van der Waals surface area contributed by atoms with Gasteiger partial charge in [0.2, 0.25) is 9.47 Å². The van der Waals surface area contributed by atoms with Crippen LogP contribution >= 0.6 is 22.9 Å². The van der Waals surface area contributed by atoms with Gasteiger partial charge in [-0.3, -0.25) is 10.1 Å². The van der Waals surface area contributed by atoms with Gasteiger partial charge in [-0.1, -0.05) is 47.2 Å². The summed E-state index contributed by atoms with van der Waals surface area (Å²) in [4.78, 5) is 12.3. The van der Waals surface area contributed by atoms with Gasteiger partial charge < -0.3 is 0 Å². The van der Waals surface area contributed by atoms with Crippen molar-refractivity contribution >= 4 is 44.0 Å². The van der Waals surface area contributed by atoms with Gasteiger partial charge in [0, 0.05) is 16.6 Å². The summed E-state index contributed by atoms with van der Waals surface area (Å²) in [6.07, 6.45) is 2.56. The molecule has 4 rings (SSSR count). The van der Waals surface area contributed by atoms with Crippen LogP contribution < -0.4 is 10.0 Å². The van der Waals surface area contributed by atoms with Gasteiger partial charge in [0.1, 0.15) is 0 Å². The minimum absolute atomic E-state index is 0.106. The molecule has 10 heteroatoms. The van der Waals surface area contributed by atoms with Crippen LogP contribution in [0, 0.1) is 0 Å². The van der Waals surface area contributed by atoms with Crippen molar-refractivity contribution in [3.63, 3.8) is 0 Å². The van der Waals surface area contributed by atoms with E-state index in [4.69, 9.17) is 11.6 Å². The second-order valence-electron chi connectivity index (χ2n) is 6.60. The molecule has 0 fully saturated rings. The van der Waals surface area contributed by atoms with E-state index in [1.54, 1.807) is 24.3 Å². The number of carbonyl (C=O) groups is 1. The number of aryl methyl sites for hydroxylation is 1. The van der Waals surface area contributed by atoms with E-state index < -0.39 is 15.9 Å². The molecule has 1 heterocycles. The Kier molecular flexibility index (Phi) is 5.64. The van der Waals surface area contributed by atoms with Gasteiger partial charge in [-0.2, -0.15) is 0 Å². The first kappa shape index (κ1) is 20.0. The van der Waals surface area contributed by atoms with Crippen molar-refractivity contribution in [3.8, 4) is 0 Å². The van der Waals surface area contributed by atoms with Crippen LogP contribution in [-0.4, -0.2) is 24.5 Å². The van der Waals surface area contributed by atoms with Gasteiger partial charge in [0.15, 0.2) is 0 Å². The number of nitrogens with one attached hydrogen (secondary N) is 2. The molecule has 7 nitrogen and oxygen atoms in total. The van der Waals surface area contributed by atoms with E-state index in [0.717, 1.165) is 41.7 Å². The summed E-state index contributed by atoms with van der Waals surface area (Å²) in [6, 6.07) is 13.8. The molecule has 0 saturated heterocycles. The molecule has 2 N–H and O–H groups in total. The second-order valence-corrected chi connectivity index (χ2v) is 9.90. The van der Waals surface area contributed by atoms with Crippen molar-refractivity contribution < 1.29 is 13.2 Å². The number of hydrogen-bond donors (Lipinski definition) is 2. The van der Waals surface area contributed by atoms with E-state index in [-0.39, 0.29) is 15.5 Å². The summed E-state index contributed by atoms with van der Waals surface area (Å²) in [7, 11) is -3.86. The maximum Gasteiger partial charge on any atom is 0.270 e. The van der Waals surface area contributed by atoms with Crippen LogP contribution in [-0.2, 0) is 16.4 Å². The van der Waals surface area contributed by atoms with Crippen molar-refractivity contribution in [1.29, 1.82) is 0 Å². The van der Waals surface area contributed by atoms with Crippen molar-refractivity contribution in [2.24, 2.45) is 0 Å². The predicted octanol–water partition coefficient (Wildman–Crippen LogP) is 3.80. The number of nitrogens with zero attached hydrogens (tertiary/aromatic N) is 2. The number of benzene rings is 2. The van der Waals surface area contributed by atoms with Gasteiger partial charge in [-0.25, -0.2) is 13.1 Å². The molecular formula is C19H17ClN4O3S2. The molecule has 1 atom stereocenters. The lowest BCUT2D eigenvalue weighted by Gasteiger charge is -2.25. The standard InChI is InChI=1S/C19H17ClN4O3S2/c20-14-10-8-13(9-11-14)17(25)21-18-22-23-19(28-18)29(26,27)24-16-7-3-5-12-4-1-2-6-15(12)16/h1-2,4,6,8-11,16,24H,3,5,7H2,(H,21,22,25). The molecule has 1 aliphatic rings. The lowest BCUT2D eigenvalue weighted by molar-refractivity contribution is 0.102. The molecular weight excluding hydrogens is 432 g/mol. The van der Waals surface area contributed by atoms with E-state index in [0.29, 0.717) is 10.6 Å². The third-order valence-corrected chi connectivity index (χ3v) is 7.56. The van der Waals surface area contributed by atoms with E-state index >= 15 is 0 Å². The first-order valence-corrected chi connectivity index (χ1v) is 11.6. The fourth-order valence-corrected chi connectivity index (χ4v) is 5.54. The van der Waals surface area contributed by atoms with Gasteiger partial charge in [-0.15, -0.1) is 10.2 Å². The van der Waals surface area contributed by atoms with E-state index in [1.807, 2.05) is 24.3 Å². The number of amides is 1. The zero-order valence-corrected chi connectivity index (χ0v) is 17.5. The third-order valence-electron chi connectivity index (χ3n) is 4.63. The predicted molar refractivity (Wildman–Crippen MR) is 112 cm³/mol. The summed E-state index contributed by atoms with van der Waals surface area (Å²) in [5.41, 5.74) is 2.52. The number of halogens is 1.